The fraction of sp³-hybridized carbons (Fsp3) is 0.100. The molecule has 1 aliphatic heterocycles. The van der Waals surface area contributed by atoms with Crippen molar-refractivity contribution in [1.29, 1.82) is 0 Å². The van der Waals surface area contributed by atoms with Crippen LogP contribution in [-0.4, -0.2) is 41.7 Å². The summed E-state index contributed by atoms with van der Waals surface area (Å²) in [5.41, 5.74) is 0.741. The van der Waals surface area contributed by atoms with Gasteiger partial charge in [0.05, 0.1) is 16.4 Å². The first-order valence-electron chi connectivity index (χ1n) is 8.60. The number of anilines is 1. The summed E-state index contributed by atoms with van der Waals surface area (Å²) in [5.74, 6) is -1.89. The summed E-state index contributed by atoms with van der Waals surface area (Å²) in [7, 11) is 1.40. The highest BCUT2D eigenvalue weighted by Crippen LogP contribution is 2.35. The van der Waals surface area contributed by atoms with Crippen LogP contribution in [-0.2, 0) is 14.4 Å². The van der Waals surface area contributed by atoms with Crippen LogP contribution in [0.4, 0.5) is 5.69 Å². The third-order valence-corrected chi connectivity index (χ3v) is 5.39. The average molecular weight is 573 g/mol. The number of thiocarbonyl (C=S) groups is 1. The second kappa shape index (κ2) is 9.62. The fourth-order valence-electron chi connectivity index (χ4n) is 2.77. The molecule has 31 heavy (non-hydrogen) atoms. The zero-order valence-corrected chi connectivity index (χ0v) is 19.6. The van der Waals surface area contributed by atoms with E-state index >= 15 is 0 Å². The molecule has 0 spiro atoms. The molecule has 2 N–H and O–H groups in total. The molecule has 1 heterocycles. The minimum absolute atomic E-state index is 0.0565. The number of hydrogen-bond donors (Lipinski definition) is 2. The number of benzene rings is 2. The number of carbonyl (C=O) groups is 3. The van der Waals surface area contributed by atoms with Gasteiger partial charge in [0.2, 0.25) is 0 Å². The van der Waals surface area contributed by atoms with E-state index in [2.05, 4.69) is 5.32 Å². The van der Waals surface area contributed by atoms with Crippen LogP contribution in [0.25, 0.3) is 6.08 Å². The maximum Gasteiger partial charge on any atom is 0.341 e. The molecule has 0 bridgehead atoms. The van der Waals surface area contributed by atoms with Crippen LogP contribution in [0.3, 0.4) is 0 Å². The lowest BCUT2D eigenvalue weighted by Crippen LogP contribution is -2.54. The normalized spacial score (nSPS) is 15.1. The van der Waals surface area contributed by atoms with Gasteiger partial charge in [-0.2, -0.15) is 0 Å². The predicted molar refractivity (Wildman–Crippen MR) is 126 cm³/mol. The van der Waals surface area contributed by atoms with E-state index in [1.807, 2.05) is 22.6 Å². The Morgan fingerprint density at radius 1 is 1.32 bits per heavy atom. The Balaban J connectivity index is 2.00. The number of nitrogens with zero attached hydrogens (tertiary/aromatic N) is 1. The van der Waals surface area contributed by atoms with Gasteiger partial charge in [-0.1, -0.05) is 17.7 Å². The second-order valence-corrected chi connectivity index (χ2v) is 8.14. The highest BCUT2D eigenvalue weighted by molar-refractivity contribution is 14.1. The van der Waals surface area contributed by atoms with Crippen LogP contribution in [0.15, 0.2) is 42.0 Å². The van der Waals surface area contributed by atoms with Gasteiger partial charge in [0.25, 0.3) is 11.8 Å². The molecule has 1 saturated heterocycles. The molecule has 3 rings (SSSR count). The van der Waals surface area contributed by atoms with Gasteiger partial charge in [0.15, 0.2) is 23.2 Å². The molecule has 1 fully saturated rings. The van der Waals surface area contributed by atoms with E-state index in [4.69, 9.17) is 38.4 Å². The molecule has 1 aliphatic rings. The predicted octanol–water partition coefficient (Wildman–Crippen LogP) is 3.25. The number of methoxy groups -OCH3 is 1. The van der Waals surface area contributed by atoms with Gasteiger partial charge < -0.3 is 14.6 Å². The average Bonchev–Trinajstić information content (AvgIpc) is 2.69. The Bertz CT molecular complexity index is 1140. The summed E-state index contributed by atoms with van der Waals surface area (Å²) in [6, 6.07) is 9.68. The molecular weight excluding hydrogens is 559 g/mol. The number of halogens is 2. The lowest BCUT2D eigenvalue weighted by molar-refractivity contribution is -0.139. The highest BCUT2D eigenvalue weighted by atomic mass is 127. The van der Waals surface area contributed by atoms with E-state index in [9.17, 15) is 14.4 Å². The first-order chi connectivity index (χ1) is 14.7. The number of carboxylic acids is 1. The van der Waals surface area contributed by atoms with E-state index in [-0.39, 0.29) is 22.2 Å². The van der Waals surface area contributed by atoms with Crippen molar-refractivity contribution in [3.8, 4) is 11.5 Å². The first-order valence-corrected chi connectivity index (χ1v) is 10.5. The molecule has 0 aliphatic carbocycles. The van der Waals surface area contributed by atoms with E-state index in [1.165, 1.54) is 24.2 Å². The van der Waals surface area contributed by atoms with Crippen LogP contribution in [0, 0.1) is 3.57 Å². The third-order valence-electron chi connectivity index (χ3n) is 4.07. The molecule has 0 saturated carbocycles. The number of ether oxygens (including phenoxy) is 2. The van der Waals surface area contributed by atoms with Gasteiger partial charge in [-0.05, 0) is 76.8 Å². The van der Waals surface area contributed by atoms with E-state index in [0.29, 0.717) is 19.8 Å². The minimum Gasteiger partial charge on any atom is -0.493 e. The van der Waals surface area contributed by atoms with Crippen LogP contribution in [0.1, 0.15) is 5.56 Å². The van der Waals surface area contributed by atoms with Crippen molar-refractivity contribution in [2.45, 2.75) is 0 Å². The molecule has 160 valence electrons. The number of carbonyl (C=O) groups excluding carboxylic acids is 2. The zero-order chi connectivity index (χ0) is 22.7. The van der Waals surface area contributed by atoms with Crippen LogP contribution in [0.5, 0.6) is 11.5 Å². The van der Waals surface area contributed by atoms with Crippen LogP contribution >= 0.6 is 46.4 Å². The molecule has 11 heteroatoms. The molecule has 8 nitrogen and oxygen atoms in total. The summed E-state index contributed by atoms with van der Waals surface area (Å²) in [4.78, 5) is 37.6. The number of hydrogen-bond acceptors (Lipinski definition) is 6. The van der Waals surface area contributed by atoms with Gasteiger partial charge >= 0.3 is 5.97 Å². The summed E-state index contributed by atoms with van der Waals surface area (Å²) in [6.07, 6.45) is 1.39. The largest absolute Gasteiger partial charge is 0.493 e. The maximum atomic E-state index is 13.1. The van der Waals surface area contributed by atoms with Crippen LogP contribution in [0.2, 0.25) is 5.02 Å². The van der Waals surface area contributed by atoms with Gasteiger partial charge in [-0.15, -0.1) is 0 Å². The molecule has 2 aromatic rings. The summed E-state index contributed by atoms with van der Waals surface area (Å²) >= 11 is 13.1. The van der Waals surface area contributed by atoms with E-state index in [0.717, 1.165) is 0 Å². The Morgan fingerprint density at radius 3 is 2.71 bits per heavy atom. The lowest BCUT2D eigenvalue weighted by atomic mass is 10.1. The van der Waals surface area contributed by atoms with Crippen molar-refractivity contribution >= 4 is 81.1 Å². The topological polar surface area (TPSA) is 105 Å². The molecule has 0 unspecified atom stereocenters. The van der Waals surface area contributed by atoms with Gasteiger partial charge in [-0.25, -0.2) is 4.79 Å². The number of rotatable bonds is 6. The standard InChI is InChI=1S/C20H14ClIN2O6S/c1-29-15-7-10(6-14(22)17(15)30-9-16(25)26)5-13-18(27)23-20(31)24(19(13)28)12-4-2-3-11(21)8-12/h2-8H,9H2,1H3,(H,25,26)(H,23,27,31)/b13-5+. The van der Waals surface area contributed by atoms with Crippen molar-refractivity contribution in [2.75, 3.05) is 18.6 Å². The quantitative estimate of drug-likeness (QED) is 0.237. The van der Waals surface area contributed by atoms with Gasteiger partial charge in [0.1, 0.15) is 5.57 Å². The summed E-state index contributed by atoms with van der Waals surface area (Å²) < 4.78 is 11.1. The van der Waals surface area contributed by atoms with Gasteiger partial charge in [0, 0.05) is 5.02 Å². The zero-order valence-electron chi connectivity index (χ0n) is 15.8. The minimum atomic E-state index is -1.13. The molecule has 0 radical (unpaired) electrons. The van der Waals surface area contributed by atoms with Crippen molar-refractivity contribution in [3.63, 3.8) is 0 Å². The third kappa shape index (κ3) is 5.14. The fourth-order valence-corrected chi connectivity index (χ4v) is 4.02. The molecule has 2 aromatic carbocycles. The summed E-state index contributed by atoms with van der Waals surface area (Å²) in [6.45, 7) is -0.542. The number of nitrogens with one attached hydrogen (secondary N) is 1. The highest BCUT2D eigenvalue weighted by Gasteiger charge is 2.34. The molecular formula is C20H14ClIN2O6S. The van der Waals surface area contributed by atoms with Crippen LogP contribution < -0.4 is 19.7 Å². The smallest absolute Gasteiger partial charge is 0.341 e. The molecule has 2 amide bonds. The van der Waals surface area contributed by atoms with Crippen molar-refractivity contribution in [3.05, 3.63) is 56.1 Å². The number of amides is 2. The van der Waals surface area contributed by atoms with E-state index < -0.39 is 24.4 Å². The van der Waals surface area contributed by atoms with Crippen molar-refractivity contribution < 1.29 is 29.0 Å². The Kier molecular flexibility index (Phi) is 7.13. The second-order valence-electron chi connectivity index (χ2n) is 6.15. The van der Waals surface area contributed by atoms with Gasteiger partial charge in [-0.3, -0.25) is 19.8 Å². The SMILES string of the molecule is COc1cc(/C=C2\C(=O)NC(=S)N(c3cccc(Cl)c3)C2=O)cc(I)c1OCC(=O)O. The first kappa shape index (κ1) is 23.0. The number of aliphatic carboxylic acids is 1. The Labute approximate surface area is 200 Å². The molecule has 0 atom stereocenters. The Hall–Kier alpha value is -2.70. The lowest BCUT2D eigenvalue weighted by Gasteiger charge is -2.29. The van der Waals surface area contributed by atoms with E-state index in [1.54, 1.807) is 30.3 Å². The number of carboxylic acid groups (broad SMARTS) is 1. The monoisotopic (exact) mass is 572 g/mol. The maximum absolute atomic E-state index is 13.1. The van der Waals surface area contributed by atoms with Crippen molar-refractivity contribution in [1.82, 2.24) is 5.32 Å². The van der Waals surface area contributed by atoms with Crippen molar-refractivity contribution in [2.24, 2.45) is 0 Å². The Morgan fingerprint density at radius 2 is 2.06 bits per heavy atom. The molecule has 0 aromatic heterocycles. The summed E-state index contributed by atoms with van der Waals surface area (Å²) in [5, 5.41) is 11.7.